The van der Waals surface area contributed by atoms with Gasteiger partial charge < -0.3 is 20.8 Å². The van der Waals surface area contributed by atoms with Crippen LogP contribution in [0.5, 0.6) is 0 Å². The zero-order chi connectivity index (χ0) is 15.1. The van der Waals surface area contributed by atoms with Gasteiger partial charge in [0, 0.05) is 13.0 Å². The van der Waals surface area contributed by atoms with E-state index in [1.165, 1.54) is 0 Å². The highest BCUT2D eigenvalue weighted by atomic mass is 16.4. The lowest BCUT2D eigenvalue weighted by molar-refractivity contribution is -0.140. The molecule has 3 unspecified atom stereocenters. The highest BCUT2D eigenvalue weighted by Crippen LogP contribution is 2.29. The molecule has 1 rings (SSSR count). The summed E-state index contributed by atoms with van der Waals surface area (Å²) >= 11 is 0. The molecule has 0 aromatic heterocycles. The molecule has 0 heterocycles. The van der Waals surface area contributed by atoms with Crippen LogP contribution in [0.25, 0.3) is 0 Å². The molecular formula is C13H22N2O5. The average Bonchev–Trinajstić information content (AvgIpc) is 2.77. The van der Waals surface area contributed by atoms with E-state index < -0.39 is 24.0 Å². The van der Waals surface area contributed by atoms with Crippen molar-refractivity contribution in [2.45, 2.75) is 45.1 Å². The first-order valence-electron chi connectivity index (χ1n) is 6.87. The zero-order valence-corrected chi connectivity index (χ0v) is 11.6. The van der Waals surface area contributed by atoms with Gasteiger partial charge in [-0.1, -0.05) is 13.3 Å². The Morgan fingerprint density at radius 1 is 1.25 bits per heavy atom. The molecule has 20 heavy (non-hydrogen) atoms. The Bertz CT molecular complexity index is 372. The van der Waals surface area contributed by atoms with E-state index in [0.717, 1.165) is 19.3 Å². The monoisotopic (exact) mass is 286 g/mol. The molecular weight excluding hydrogens is 264 g/mol. The fraction of sp³-hybridized carbons (Fsp3) is 0.769. The highest BCUT2D eigenvalue weighted by molar-refractivity contribution is 5.82. The molecule has 0 aliphatic heterocycles. The van der Waals surface area contributed by atoms with E-state index >= 15 is 0 Å². The summed E-state index contributed by atoms with van der Waals surface area (Å²) in [5.41, 5.74) is 0. The van der Waals surface area contributed by atoms with Gasteiger partial charge in [-0.2, -0.15) is 0 Å². The van der Waals surface area contributed by atoms with Crippen LogP contribution in [0.3, 0.4) is 0 Å². The molecule has 0 aromatic carbocycles. The smallest absolute Gasteiger partial charge is 0.326 e. The number of carbonyl (C=O) groups excluding carboxylic acids is 1. The van der Waals surface area contributed by atoms with Gasteiger partial charge in [-0.05, 0) is 31.1 Å². The van der Waals surface area contributed by atoms with E-state index in [1.54, 1.807) is 0 Å². The number of amides is 2. The number of carboxylic acid groups (broad SMARTS) is 2. The molecule has 0 radical (unpaired) electrons. The Labute approximate surface area is 117 Å². The van der Waals surface area contributed by atoms with Crippen LogP contribution in [0.2, 0.25) is 0 Å². The molecule has 2 amide bonds. The largest absolute Gasteiger partial charge is 0.481 e. The molecule has 3 atom stereocenters. The lowest BCUT2D eigenvalue weighted by Gasteiger charge is -2.16. The number of hydrogen-bond acceptors (Lipinski definition) is 3. The van der Waals surface area contributed by atoms with E-state index in [9.17, 15) is 14.4 Å². The molecule has 1 aliphatic rings. The van der Waals surface area contributed by atoms with E-state index in [2.05, 4.69) is 17.6 Å². The fourth-order valence-corrected chi connectivity index (χ4v) is 2.48. The number of carbonyl (C=O) groups is 3. The number of nitrogens with one attached hydrogen (secondary N) is 2. The van der Waals surface area contributed by atoms with Crippen molar-refractivity contribution in [2.24, 2.45) is 11.8 Å². The molecule has 0 spiro atoms. The summed E-state index contributed by atoms with van der Waals surface area (Å²) in [5, 5.41) is 22.4. The summed E-state index contributed by atoms with van der Waals surface area (Å²) < 4.78 is 0. The normalized spacial score (nSPS) is 23.1. The van der Waals surface area contributed by atoms with Gasteiger partial charge in [0.05, 0.1) is 0 Å². The SMILES string of the molecule is CC1CCC(CNC(=O)NC(CCC(=O)O)C(=O)O)C1. The minimum absolute atomic E-state index is 0.126. The van der Waals surface area contributed by atoms with Gasteiger partial charge in [0.2, 0.25) is 0 Å². The van der Waals surface area contributed by atoms with Gasteiger partial charge in [0.1, 0.15) is 6.04 Å². The van der Waals surface area contributed by atoms with Crippen molar-refractivity contribution in [3.8, 4) is 0 Å². The summed E-state index contributed by atoms with van der Waals surface area (Å²) in [4.78, 5) is 32.9. The second-order valence-corrected chi connectivity index (χ2v) is 5.46. The van der Waals surface area contributed by atoms with Gasteiger partial charge in [0.25, 0.3) is 0 Å². The zero-order valence-electron chi connectivity index (χ0n) is 11.6. The maximum absolute atomic E-state index is 11.6. The lowest BCUT2D eigenvalue weighted by atomic mass is 10.1. The van der Waals surface area contributed by atoms with Crippen molar-refractivity contribution in [3.63, 3.8) is 0 Å². The lowest BCUT2D eigenvalue weighted by Crippen LogP contribution is -2.47. The summed E-state index contributed by atoms with van der Waals surface area (Å²) in [6.45, 7) is 2.70. The molecule has 1 aliphatic carbocycles. The third-order valence-corrected chi connectivity index (χ3v) is 3.61. The summed E-state index contributed by atoms with van der Waals surface area (Å²) in [6.07, 6.45) is 2.88. The van der Waals surface area contributed by atoms with Crippen LogP contribution in [0, 0.1) is 11.8 Å². The van der Waals surface area contributed by atoms with Crippen LogP contribution in [0.15, 0.2) is 0 Å². The van der Waals surface area contributed by atoms with Crippen molar-refractivity contribution in [3.05, 3.63) is 0 Å². The maximum atomic E-state index is 11.6. The first kappa shape index (κ1) is 16.3. The molecule has 4 N–H and O–H groups in total. The predicted molar refractivity (Wildman–Crippen MR) is 71.3 cm³/mol. The van der Waals surface area contributed by atoms with Crippen LogP contribution < -0.4 is 10.6 Å². The number of aliphatic carboxylic acids is 2. The standard InChI is InChI=1S/C13H22N2O5/c1-8-2-3-9(6-8)7-14-13(20)15-10(12(18)19)4-5-11(16)17/h8-10H,2-7H2,1H3,(H,16,17)(H,18,19)(H2,14,15,20). The Morgan fingerprint density at radius 2 is 1.95 bits per heavy atom. The second kappa shape index (κ2) is 7.72. The van der Waals surface area contributed by atoms with Crippen molar-refractivity contribution in [1.82, 2.24) is 10.6 Å². The van der Waals surface area contributed by atoms with E-state index in [4.69, 9.17) is 10.2 Å². The summed E-state index contributed by atoms with van der Waals surface area (Å²) in [6, 6.07) is -1.73. The fourth-order valence-electron chi connectivity index (χ4n) is 2.48. The molecule has 7 heteroatoms. The van der Waals surface area contributed by atoms with Crippen molar-refractivity contribution < 1.29 is 24.6 Å². The summed E-state index contributed by atoms with van der Waals surface area (Å²) in [7, 11) is 0. The Hall–Kier alpha value is -1.79. The summed E-state index contributed by atoms with van der Waals surface area (Å²) in [5.74, 6) is -1.19. The van der Waals surface area contributed by atoms with Gasteiger partial charge in [0.15, 0.2) is 0 Å². The van der Waals surface area contributed by atoms with Gasteiger partial charge in [-0.15, -0.1) is 0 Å². The first-order chi connectivity index (χ1) is 9.38. The number of hydrogen-bond donors (Lipinski definition) is 4. The van der Waals surface area contributed by atoms with Crippen LogP contribution in [-0.4, -0.2) is 40.8 Å². The molecule has 1 fully saturated rings. The predicted octanol–water partition coefficient (Wildman–Crippen LogP) is 1.04. The minimum Gasteiger partial charge on any atom is -0.481 e. The number of urea groups is 1. The van der Waals surface area contributed by atoms with Crippen LogP contribution in [0.4, 0.5) is 4.79 Å². The van der Waals surface area contributed by atoms with E-state index in [1.807, 2.05) is 0 Å². The Morgan fingerprint density at radius 3 is 2.45 bits per heavy atom. The third kappa shape index (κ3) is 5.90. The van der Waals surface area contributed by atoms with Gasteiger partial charge >= 0.3 is 18.0 Å². The molecule has 7 nitrogen and oxygen atoms in total. The number of rotatable bonds is 7. The first-order valence-corrected chi connectivity index (χ1v) is 6.87. The Kier molecular flexibility index (Phi) is 6.27. The average molecular weight is 286 g/mol. The van der Waals surface area contributed by atoms with Crippen molar-refractivity contribution in [2.75, 3.05) is 6.54 Å². The molecule has 114 valence electrons. The molecule has 0 saturated heterocycles. The number of carboxylic acids is 2. The third-order valence-electron chi connectivity index (χ3n) is 3.61. The highest BCUT2D eigenvalue weighted by Gasteiger charge is 2.23. The maximum Gasteiger partial charge on any atom is 0.326 e. The molecule has 0 bridgehead atoms. The van der Waals surface area contributed by atoms with Crippen molar-refractivity contribution in [1.29, 1.82) is 0 Å². The topological polar surface area (TPSA) is 116 Å². The van der Waals surface area contributed by atoms with E-state index in [0.29, 0.717) is 18.4 Å². The van der Waals surface area contributed by atoms with Crippen molar-refractivity contribution >= 4 is 18.0 Å². The molecule has 0 aromatic rings. The van der Waals surface area contributed by atoms with E-state index in [-0.39, 0.29) is 12.8 Å². The molecule has 1 saturated carbocycles. The Balaban J connectivity index is 2.30. The minimum atomic E-state index is -1.23. The van der Waals surface area contributed by atoms with Gasteiger partial charge in [-0.3, -0.25) is 4.79 Å². The van der Waals surface area contributed by atoms with Crippen LogP contribution in [0.1, 0.15) is 39.0 Å². The van der Waals surface area contributed by atoms with Crippen LogP contribution >= 0.6 is 0 Å². The van der Waals surface area contributed by atoms with Gasteiger partial charge in [-0.25, -0.2) is 9.59 Å². The van der Waals surface area contributed by atoms with Crippen LogP contribution in [-0.2, 0) is 9.59 Å². The second-order valence-electron chi connectivity index (χ2n) is 5.46. The quantitative estimate of drug-likeness (QED) is 0.558.